The van der Waals surface area contributed by atoms with Gasteiger partial charge in [-0.3, -0.25) is 4.79 Å². The van der Waals surface area contributed by atoms with Crippen LogP contribution in [0.5, 0.6) is 0 Å². The molecular weight excluding hydrogens is 404 g/mol. The highest BCUT2D eigenvalue weighted by Crippen LogP contribution is 2.09. The van der Waals surface area contributed by atoms with Gasteiger partial charge < -0.3 is 19.7 Å². The standard InChI is InChI=1S/C5H2BrN3O2.C4H2BrNO3/c6-5-1-4(11-9-5)3(10)2-8-7;5-3-1-2(4(7)8)9-6-3/h1-2H;1H,(H,7,8). The summed E-state index contributed by atoms with van der Waals surface area (Å²) >= 11 is 5.92. The number of rotatable bonds is 3. The van der Waals surface area contributed by atoms with Crippen LogP contribution in [-0.4, -0.2) is 38.2 Å². The monoisotopic (exact) mass is 406 g/mol. The summed E-state index contributed by atoms with van der Waals surface area (Å²) in [7, 11) is 0. The van der Waals surface area contributed by atoms with Crippen LogP contribution in [0.4, 0.5) is 0 Å². The van der Waals surface area contributed by atoms with Crippen molar-refractivity contribution in [2.75, 3.05) is 0 Å². The lowest BCUT2D eigenvalue weighted by Gasteiger charge is -1.76. The predicted molar refractivity (Wildman–Crippen MR) is 69.4 cm³/mol. The maximum atomic E-state index is 10.8. The summed E-state index contributed by atoms with van der Waals surface area (Å²) in [4.78, 5) is 23.4. The predicted octanol–water partition coefficient (Wildman–Crippen LogP) is 2.06. The molecule has 0 unspecified atom stereocenters. The van der Waals surface area contributed by atoms with Gasteiger partial charge in [0, 0.05) is 12.1 Å². The van der Waals surface area contributed by atoms with Gasteiger partial charge in [-0.05, 0) is 31.9 Å². The summed E-state index contributed by atoms with van der Waals surface area (Å²) in [5, 5.41) is 14.9. The molecule has 1 N–H and O–H groups in total. The molecule has 0 radical (unpaired) electrons. The Kier molecular flexibility index (Phi) is 5.97. The van der Waals surface area contributed by atoms with Gasteiger partial charge in [-0.15, -0.1) is 0 Å². The number of ketones is 1. The van der Waals surface area contributed by atoms with Gasteiger partial charge in [0.2, 0.25) is 11.5 Å². The van der Waals surface area contributed by atoms with Crippen molar-refractivity contribution in [2.24, 2.45) is 0 Å². The van der Waals surface area contributed by atoms with Crippen LogP contribution in [0.3, 0.4) is 0 Å². The molecule has 0 saturated heterocycles. The largest absolute Gasteiger partial charge is 0.475 e. The molecule has 0 bridgehead atoms. The second kappa shape index (κ2) is 7.48. The average molecular weight is 408 g/mol. The maximum Gasteiger partial charge on any atom is 0.374 e. The minimum absolute atomic E-state index is 0.0228. The highest BCUT2D eigenvalue weighted by molar-refractivity contribution is 9.10. The molecule has 2 heterocycles. The molecule has 0 amide bonds. The molecular formula is C9H4Br2N4O5. The third kappa shape index (κ3) is 4.88. The SMILES string of the molecule is O=C(O)c1cc(Br)no1.[N-]=[N+]=CC(=O)c1cc(Br)no1. The van der Waals surface area contributed by atoms with Gasteiger partial charge >= 0.3 is 18.0 Å². The molecule has 11 heteroatoms. The van der Waals surface area contributed by atoms with Crippen LogP contribution >= 0.6 is 31.9 Å². The second-order valence-electron chi connectivity index (χ2n) is 2.94. The fourth-order valence-electron chi connectivity index (χ4n) is 0.840. The number of aromatic nitrogens is 2. The fraction of sp³-hybridized carbons (Fsp3) is 0. The summed E-state index contributed by atoms with van der Waals surface area (Å²) < 4.78 is 9.67. The minimum atomic E-state index is -1.12. The van der Waals surface area contributed by atoms with E-state index < -0.39 is 11.8 Å². The lowest BCUT2D eigenvalue weighted by atomic mass is 10.3. The van der Waals surface area contributed by atoms with E-state index in [0.29, 0.717) is 9.21 Å². The zero-order valence-corrected chi connectivity index (χ0v) is 12.5. The zero-order valence-electron chi connectivity index (χ0n) is 9.36. The molecule has 0 atom stereocenters. The molecule has 2 rings (SSSR count). The number of aromatic carboxylic acids is 1. The van der Waals surface area contributed by atoms with Crippen molar-refractivity contribution in [2.45, 2.75) is 0 Å². The molecule has 2 aromatic heterocycles. The van der Waals surface area contributed by atoms with Crippen LogP contribution < -0.4 is 0 Å². The van der Waals surface area contributed by atoms with Gasteiger partial charge in [-0.25, -0.2) is 4.79 Å². The van der Waals surface area contributed by atoms with Crippen LogP contribution in [0.15, 0.2) is 30.4 Å². The molecule has 20 heavy (non-hydrogen) atoms. The minimum Gasteiger partial charge on any atom is -0.475 e. The summed E-state index contributed by atoms with van der Waals surface area (Å²) in [6.07, 6.45) is 0.729. The summed E-state index contributed by atoms with van der Waals surface area (Å²) in [5.41, 5.74) is 7.98. The van der Waals surface area contributed by atoms with E-state index in [1.165, 1.54) is 12.1 Å². The molecule has 0 saturated carbocycles. The van der Waals surface area contributed by atoms with Crippen LogP contribution in [-0.2, 0) is 0 Å². The van der Waals surface area contributed by atoms with Crippen molar-refractivity contribution in [1.29, 1.82) is 0 Å². The Hall–Kier alpha value is -2.10. The summed E-state index contributed by atoms with van der Waals surface area (Å²) in [5.74, 6) is -1.80. The number of hydrogen-bond acceptors (Lipinski definition) is 6. The van der Waals surface area contributed by atoms with Crippen molar-refractivity contribution in [3.05, 3.63) is 38.4 Å². The number of carboxylic acid groups (broad SMARTS) is 1. The average Bonchev–Trinajstić information content (AvgIpc) is 2.99. The molecule has 9 nitrogen and oxygen atoms in total. The Balaban J connectivity index is 0.000000204. The van der Waals surface area contributed by atoms with Gasteiger partial charge in [0.05, 0.1) is 0 Å². The van der Waals surface area contributed by atoms with E-state index in [-0.39, 0.29) is 11.5 Å². The molecule has 0 aromatic carbocycles. The van der Waals surface area contributed by atoms with Crippen molar-refractivity contribution >= 4 is 49.8 Å². The second-order valence-corrected chi connectivity index (χ2v) is 4.57. The number of hydrogen-bond donors (Lipinski definition) is 1. The maximum absolute atomic E-state index is 10.8. The molecule has 0 aliphatic carbocycles. The Morgan fingerprint density at radius 2 is 1.70 bits per heavy atom. The number of carboxylic acids is 1. The van der Waals surface area contributed by atoms with E-state index >= 15 is 0 Å². The Bertz CT molecular complexity index is 673. The molecule has 2 aromatic rings. The molecule has 0 aliphatic heterocycles. The smallest absolute Gasteiger partial charge is 0.374 e. The van der Waals surface area contributed by atoms with Gasteiger partial charge in [-0.2, -0.15) is 4.79 Å². The van der Waals surface area contributed by atoms with E-state index in [2.05, 4.69) is 56.0 Å². The topological polar surface area (TPSA) is 143 Å². The van der Waals surface area contributed by atoms with E-state index in [1.807, 2.05) is 0 Å². The first-order valence-corrected chi connectivity index (χ1v) is 6.22. The highest BCUT2D eigenvalue weighted by Gasteiger charge is 2.12. The first kappa shape index (κ1) is 16.0. The van der Waals surface area contributed by atoms with Gasteiger partial charge in [-0.1, -0.05) is 10.3 Å². The van der Waals surface area contributed by atoms with Gasteiger partial charge in [0.1, 0.15) is 9.21 Å². The third-order valence-corrected chi connectivity index (χ3v) is 2.34. The number of carbonyl (C=O) groups is 2. The van der Waals surface area contributed by atoms with Crippen LogP contribution in [0.2, 0.25) is 0 Å². The first-order valence-electron chi connectivity index (χ1n) is 4.63. The fourth-order valence-corrected chi connectivity index (χ4v) is 1.40. The molecule has 0 spiro atoms. The summed E-state index contributed by atoms with van der Waals surface area (Å²) in [6.45, 7) is 0. The molecule has 0 aliphatic rings. The van der Waals surface area contributed by atoms with Crippen molar-refractivity contribution < 1.29 is 28.5 Å². The number of Topliss-reactive ketones (excluding diaryl/α,β-unsaturated/α-hetero) is 1. The normalized spacial score (nSPS) is 9.10. The van der Waals surface area contributed by atoms with Crippen LogP contribution in [0, 0.1) is 0 Å². The number of halogens is 2. The van der Waals surface area contributed by atoms with Gasteiger partial charge in [0.25, 0.3) is 0 Å². The van der Waals surface area contributed by atoms with E-state index in [1.54, 1.807) is 0 Å². The third-order valence-electron chi connectivity index (χ3n) is 1.59. The Morgan fingerprint density at radius 3 is 2.00 bits per heavy atom. The van der Waals surface area contributed by atoms with E-state index in [9.17, 15) is 9.59 Å². The summed E-state index contributed by atoms with van der Waals surface area (Å²) in [6, 6.07) is 2.66. The quantitative estimate of drug-likeness (QED) is 0.355. The van der Waals surface area contributed by atoms with Crippen molar-refractivity contribution in [3.8, 4) is 0 Å². The van der Waals surface area contributed by atoms with Crippen LogP contribution in [0.1, 0.15) is 21.1 Å². The number of carbonyl (C=O) groups excluding carboxylic acids is 1. The van der Waals surface area contributed by atoms with E-state index in [0.717, 1.165) is 6.21 Å². The van der Waals surface area contributed by atoms with Crippen molar-refractivity contribution in [1.82, 2.24) is 10.3 Å². The highest BCUT2D eigenvalue weighted by atomic mass is 79.9. The van der Waals surface area contributed by atoms with Crippen molar-refractivity contribution in [3.63, 3.8) is 0 Å². The zero-order chi connectivity index (χ0) is 15.1. The van der Waals surface area contributed by atoms with Crippen LogP contribution in [0.25, 0.3) is 5.53 Å². The first-order chi connectivity index (χ1) is 9.43. The Morgan fingerprint density at radius 1 is 1.20 bits per heavy atom. The molecule has 104 valence electrons. The molecule has 0 fully saturated rings. The lowest BCUT2D eigenvalue weighted by molar-refractivity contribution is 0.00202. The number of nitrogens with zero attached hydrogens (tertiary/aromatic N) is 4. The Labute approximate surface area is 127 Å². The van der Waals surface area contributed by atoms with E-state index in [4.69, 9.17) is 10.6 Å². The van der Waals surface area contributed by atoms with Gasteiger partial charge in [0.15, 0.2) is 0 Å². The lowest BCUT2D eigenvalue weighted by Crippen LogP contribution is -1.98.